The molecule has 0 aliphatic rings. The molecule has 1 atom stereocenters. The van der Waals surface area contributed by atoms with Crippen LogP contribution in [0.2, 0.25) is 0 Å². The van der Waals surface area contributed by atoms with Gasteiger partial charge in [-0.05, 0) is 24.6 Å². The average Bonchev–Trinajstić information content (AvgIpc) is 2.62. The van der Waals surface area contributed by atoms with E-state index in [4.69, 9.17) is 10.5 Å². The number of primary amides is 1. The molecule has 7 nitrogen and oxygen atoms in total. The number of nitrogens with two attached hydrogens (primary N) is 1. The molecule has 4 N–H and O–H groups in total. The lowest BCUT2D eigenvalue weighted by atomic mass is 10.1. The summed E-state index contributed by atoms with van der Waals surface area (Å²) < 4.78 is 5.90. The third-order valence-electron chi connectivity index (χ3n) is 3.55. The predicted octanol–water partition coefficient (Wildman–Crippen LogP) is 2.33. The average molecular weight is 343 g/mol. The van der Waals surface area contributed by atoms with E-state index >= 15 is 0 Å². The zero-order valence-corrected chi connectivity index (χ0v) is 13.9. The second-order valence-electron chi connectivity index (χ2n) is 5.39. The monoisotopic (exact) mass is 343 g/mol. The molecule has 0 aromatic heterocycles. The summed E-state index contributed by atoms with van der Waals surface area (Å²) in [6.45, 7) is 1.83. The molecular weight excluding hydrogens is 322 g/mol. The molecule has 0 aliphatic carbocycles. The first kappa shape index (κ1) is 18.3. The van der Waals surface area contributed by atoms with Crippen molar-refractivity contribution in [3.8, 4) is 5.75 Å². The molecular formula is C18H21N3O4. The Balaban J connectivity index is 2.09. The van der Waals surface area contributed by atoms with Gasteiger partial charge in [0.25, 0.3) is 5.91 Å². The van der Waals surface area contributed by atoms with Gasteiger partial charge in [0.1, 0.15) is 11.9 Å². The van der Waals surface area contributed by atoms with Crippen LogP contribution in [0.3, 0.4) is 0 Å². The second-order valence-corrected chi connectivity index (χ2v) is 5.39. The molecule has 2 aromatic rings. The van der Waals surface area contributed by atoms with E-state index in [-0.39, 0.29) is 24.8 Å². The van der Waals surface area contributed by atoms with Crippen molar-refractivity contribution in [2.45, 2.75) is 13.0 Å². The zero-order valence-electron chi connectivity index (χ0n) is 13.9. The highest BCUT2D eigenvalue weighted by Crippen LogP contribution is 2.26. The van der Waals surface area contributed by atoms with Crippen molar-refractivity contribution in [2.75, 3.05) is 13.1 Å². The minimum atomic E-state index is -0.721. The Morgan fingerprint density at radius 3 is 2.48 bits per heavy atom. The molecule has 0 heterocycles. The van der Waals surface area contributed by atoms with Crippen LogP contribution < -0.4 is 15.8 Å². The predicted molar refractivity (Wildman–Crippen MR) is 92.3 cm³/mol. The highest BCUT2D eigenvalue weighted by atomic mass is 16.5. The van der Waals surface area contributed by atoms with Gasteiger partial charge < -0.3 is 15.8 Å². The Morgan fingerprint density at radius 1 is 1.16 bits per heavy atom. The number of nitrogens with zero attached hydrogens (tertiary/aromatic N) is 1. The maximum Gasteiger partial charge on any atom is 0.312 e. The lowest BCUT2D eigenvalue weighted by molar-refractivity contribution is -0.0567. The number of para-hydroxylation sites is 1. The normalized spacial score (nSPS) is 11.4. The van der Waals surface area contributed by atoms with Gasteiger partial charge in [0.2, 0.25) is 0 Å². The molecule has 2 rings (SSSR count). The molecule has 7 heteroatoms. The highest BCUT2D eigenvalue weighted by molar-refractivity contribution is 5.96. The summed E-state index contributed by atoms with van der Waals surface area (Å²) in [5.74, 6) is -0.257. The third kappa shape index (κ3) is 5.22. The number of hydroxylamine groups is 2. The van der Waals surface area contributed by atoms with Crippen LogP contribution in [-0.4, -0.2) is 35.3 Å². The number of hydrogen-bond acceptors (Lipinski definition) is 4. The van der Waals surface area contributed by atoms with Gasteiger partial charge in [-0.2, -0.15) is 0 Å². The summed E-state index contributed by atoms with van der Waals surface area (Å²) in [5.41, 5.74) is 6.14. The Hall–Kier alpha value is -3.06. The fourth-order valence-corrected chi connectivity index (χ4v) is 2.25. The number of urea groups is 1. The van der Waals surface area contributed by atoms with Crippen LogP contribution in [0.25, 0.3) is 0 Å². The van der Waals surface area contributed by atoms with E-state index in [0.29, 0.717) is 10.8 Å². The zero-order chi connectivity index (χ0) is 18.2. The summed E-state index contributed by atoms with van der Waals surface area (Å²) in [4.78, 5) is 23.0. The fraction of sp³-hybridized carbons (Fsp3) is 0.222. The summed E-state index contributed by atoms with van der Waals surface area (Å²) in [6, 6.07) is 15.6. The van der Waals surface area contributed by atoms with Gasteiger partial charge in [-0.15, -0.1) is 0 Å². The second kappa shape index (κ2) is 8.70. The minimum Gasteiger partial charge on any atom is -0.485 e. The number of carbonyl (C=O) groups is 2. The van der Waals surface area contributed by atoms with Crippen LogP contribution in [0, 0.1) is 0 Å². The number of hydrogen-bond donors (Lipinski definition) is 3. The Bertz CT molecular complexity index is 721. The fourth-order valence-electron chi connectivity index (χ4n) is 2.25. The molecule has 132 valence electrons. The smallest absolute Gasteiger partial charge is 0.312 e. The molecule has 0 radical (unpaired) electrons. The topological polar surface area (TPSA) is 105 Å². The first-order valence-corrected chi connectivity index (χ1v) is 7.83. The van der Waals surface area contributed by atoms with Gasteiger partial charge in [0.15, 0.2) is 0 Å². The van der Waals surface area contributed by atoms with E-state index in [1.807, 2.05) is 37.3 Å². The molecule has 0 saturated carbocycles. The molecule has 0 saturated heterocycles. The van der Waals surface area contributed by atoms with Crippen molar-refractivity contribution in [3.05, 3.63) is 65.7 Å². The first-order chi connectivity index (χ1) is 12.0. The SMILES string of the molecule is CC(Oc1ccccc1C(=O)N(O)CCNC(N)=O)c1ccccc1. The van der Waals surface area contributed by atoms with Crippen molar-refractivity contribution >= 4 is 11.9 Å². The van der Waals surface area contributed by atoms with E-state index in [2.05, 4.69) is 5.32 Å². The van der Waals surface area contributed by atoms with Crippen molar-refractivity contribution in [1.29, 1.82) is 0 Å². The van der Waals surface area contributed by atoms with Gasteiger partial charge in [0.05, 0.1) is 12.1 Å². The molecule has 0 fully saturated rings. The van der Waals surface area contributed by atoms with Crippen LogP contribution in [-0.2, 0) is 0 Å². The number of rotatable bonds is 7. The number of nitrogens with one attached hydrogen (secondary N) is 1. The maximum absolute atomic E-state index is 12.4. The Labute approximate surface area is 146 Å². The molecule has 25 heavy (non-hydrogen) atoms. The van der Waals surface area contributed by atoms with Crippen LogP contribution in [0.1, 0.15) is 28.9 Å². The number of amides is 3. The van der Waals surface area contributed by atoms with E-state index in [1.54, 1.807) is 24.3 Å². The van der Waals surface area contributed by atoms with E-state index in [0.717, 1.165) is 5.56 Å². The largest absolute Gasteiger partial charge is 0.485 e. The van der Waals surface area contributed by atoms with Crippen LogP contribution >= 0.6 is 0 Å². The Morgan fingerprint density at radius 2 is 1.80 bits per heavy atom. The molecule has 0 aliphatic heterocycles. The molecule has 2 aromatic carbocycles. The van der Waals surface area contributed by atoms with E-state index < -0.39 is 11.9 Å². The third-order valence-corrected chi connectivity index (χ3v) is 3.55. The lowest BCUT2D eigenvalue weighted by Gasteiger charge is -2.20. The quantitative estimate of drug-likeness (QED) is 0.530. The van der Waals surface area contributed by atoms with E-state index in [9.17, 15) is 14.8 Å². The van der Waals surface area contributed by atoms with Crippen molar-refractivity contribution in [1.82, 2.24) is 10.4 Å². The van der Waals surface area contributed by atoms with Gasteiger partial charge >= 0.3 is 6.03 Å². The maximum atomic E-state index is 12.4. The van der Waals surface area contributed by atoms with Gasteiger partial charge in [-0.3, -0.25) is 10.0 Å². The van der Waals surface area contributed by atoms with Crippen molar-refractivity contribution < 1.29 is 19.5 Å². The number of ether oxygens (including phenoxy) is 1. The summed E-state index contributed by atoms with van der Waals surface area (Å²) >= 11 is 0. The first-order valence-electron chi connectivity index (χ1n) is 7.83. The van der Waals surface area contributed by atoms with Gasteiger partial charge in [0, 0.05) is 6.54 Å². The van der Waals surface area contributed by atoms with Crippen LogP contribution in [0.15, 0.2) is 54.6 Å². The van der Waals surface area contributed by atoms with Crippen LogP contribution in [0.5, 0.6) is 5.75 Å². The lowest BCUT2D eigenvalue weighted by Crippen LogP contribution is -2.38. The standard InChI is InChI=1S/C18H21N3O4/c1-13(14-7-3-2-4-8-14)25-16-10-6-5-9-15(16)17(22)21(24)12-11-20-18(19)23/h2-10,13,24H,11-12H2,1H3,(H3,19,20,23). The van der Waals surface area contributed by atoms with Gasteiger partial charge in [-0.1, -0.05) is 42.5 Å². The molecule has 3 amide bonds. The highest BCUT2D eigenvalue weighted by Gasteiger charge is 2.19. The summed E-state index contributed by atoms with van der Waals surface area (Å²) in [7, 11) is 0. The molecule has 0 bridgehead atoms. The molecule has 1 unspecified atom stereocenters. The van der Waals surface area contributed by atoms with Gasteiger partial charge in [-0.25, -0.2) is 9.86 Å². The van der Waals surface area contributed by atoms with Crippen molar-refractivity contribution in [3.63, 3.8) is 0 Å². The number of carbonyl (C=O) groups excluding carboxylic acids is 2. The summed E-state index contributed by atoms with van der Waals surface area (Å²) in [5, 5.41) is 12.7. The van der Waals surface area contributed by atoms with E-state index in [1.165, 1.54) is 0 Å². The summed E-state index contributed by atoms with van der Waals surface area (Å²) in [6.07, 6.45) is -0.265. The Kier molecular flexibility index (Phi) is 6.36. The molecule has 0 spiro atoms. The minimum absolute atomic E-state index is 0.0427. The van der Waals surface area contributed by atoms with Crippen molar-refractivity contribution in [2.24, 2.45) is 5.73 Å². The number of benzene rings is 2. The van der Waals surface area contributed by atoms with Crippen LogP contribution in [0.4, 0.5) is 4.79 Å².